The number of carbonyl (C=O) groups excluding carboxylic acids is 2. The quantitative estimate of drug-likeness (QED) is 0.679. The van der Waals surface area contributed by atoms with Crippen molar-refractivity contribution in [2.24, 2.45) is 11.8 Å². The Morgan fingerprint density at radius 2 is 1.83 bits per heavy atom. The molecule has 0 saturated carbocycles. The Bertz CT molecular complexity index is 561. The van der Waals surface area contributed by atoms with Crippen LogP contribution in [-0.2, 0) is 9.53 Å². The molecule has 2 unspecified atom stereocenters. The first-order valence-corrected chi connectivity index (χ1v) is 10.2. The molecular formula is C20H35F3N2O4. The van der Waals surface area contributed by atoms with Crippen molar-refractivity contribution in [1.82, 2.24) is 10.2 Å². The van der Waals surface area contributed by atoms with E-state index in [-0.39, 0.29) is 24.4 Å². The monoisotopic (exact) mass is 424 g/mol. The zero-order chi connectivity index (χ0) is 22.6. The lowest BCUT2D eigenvalue weighted by atomic mass is 9.77. The number of alkyl halides is 3. The Balaban J connectivity index is 2.87. The lowest BCUT2D eigenvalue weighted by Crippen LogP contribution is -2.57. The first-order valence-electron chi connectivity index (χ1n) is 10.2. The predicted octanol–water partition coefficient (Wildman–Crippen LogP) is 3.87. The van der Waals surface area contributed by atoms with Crippen molar-refractivity contribution in [3.8, 4) is 0 Å². The summed E-state index contributed by atoms with van der Waals surface area (Å²) in [5, 5.41) is 12.9. The van der Waals surface area contributed by atoms with E-state index < -0.39 is 42.3 Å². The molecule has 0 aromatic rings. The molecule has 0 aromatic heterocycles. The molecule has 1 rings (SSSR count). The van der Waals surface area contributed by atoms with Gasteiger partial charge in [-0.15, -0.1) is 0 Å². The van der Waals surface area contributed by atoms with Crippen molar-refractivity contribution in [3.63, 3.8) is 0 Å². The van der Waals surface area contributed by atoms with Crippen LogP contribution in [0.25, 0.3) is 0 Å². The topological polar surface area (TPSA) is 78.9 Å². The standard InChI is InChI=1S/C20H35F3N2O4/c1-7-15-9-14(8-12(2)24-18(28)29-19(4,5)6)11-25(17(15)13(3)26)16(27)10-20(21,22)23/h12-15,17,26H,7-11H2,1-6H3,(H,24,28)/t12-,13+,14?,15-,17?/m1/s1. The number of nitrogens with one attached hydrogen (secondary N) is 1. The maximum absolute atomic E-state index is 12.8. The Morgan fingerprint density at radius 1 is 1.24 bits per heavy atom. The molecule has 0 spiro atoms. The summed E-state index contributed by atoms with van der Waals surface area (Å²) in [5.41, 5.74) is -0.632. The summed E-state index contributed by atoms with van der Waals surface area (Å²) >= 11 is 0. The Hall–Kier alpha value is -1.51. The summed E-state index contributed by atoms with van der Waals surface area (Å²) in [7, 11) is 0. The van der Waals surface area contributed by atoms with E-state index in [2.05, 4.69) is 5.32 Å². The molecule has 9 heteroatoms. The summed E-state index contributed by atoms with van der Waals surface area (Å²) in [5.74, 6) is -1.21. The second-order valence-corrected chi connectivity index (χ2v) is 9.12. The number of aliphatic hydroxyl groups is 1. The molecule has 170 valence electrons. The molecule has 2 amide bonds. The van der Waals surface area contributed by atoms with Crippen LogP contribution < -0.4 is 5.32 Å². The highest BCUT2D eigenvalue weighted by molar-refractivity contribution is 5.77. The van der Waals surface area contributed by atoms with Gasteiger partial charge in [0.15, 0.2) is 0 Å². The number of hydrogen-bond donors (Lipinski definition) is 2. The number of ether oxygens (including phenoxy) is 1. The number of aliphatic hydroxyl groups excluding tert-OH is 1. The minimum Gasteiger partial charge on any atom is -0.444 e. The third kappa shape index (κ3) is 8.80. The van der Waals surface area contributed by atoms with Gasteiger partial charge in [-0.25, -0.2) is 4.79 Å². The van der Waals surface area contributed by atoms with Crippen LogP contribution in [-0.4, -0.2) is 58.5 Å². The number of halogens is 3. The lowest BCUT2D eigenvalue weighted by Gasteiger charge is -2.46. The van der Waals surface area contributed by atoms with Crippen LogP contribution in [0.5, 0.6) is 0 Å². The van der Waals surface area contributed by atoms with Gasteiger partial charge < -0.3 is 20.1 Å². The summed E-state index contributed by atoms with van der Waals surface area (Å²) in [6.07, 6.45) is -5.81. The van der Waals surface area contributed by atoms with Gasteiger partial charge in [0.05, 0.1) is 12.1 Å². The van der Waals surface area contributed by atoms with Crippen molar-refractivity contribution < 1.29 is 32.6 Å². The van der Waals surface area contributed by atoms with Crippen LogP contribution in [0.15, 0.2) is 0 Å². The van der Waals surface area contributed by atoms with E-state index in [0.717, 1.165) is 0 Å². The molecule has 0 aliphatic carbocycles. The van der Waals surface area contributed by atoms with E-state index >= 15 is 0 Å². The van der Waals surface area contributed by atoms with Crippen LogP contribution in [0.4, 0.5) is 18.0 Å². The SMILES string of the molecule is CC[C@@H]1CC(C[C@@H](C)NC(=O)OC(C)(C)C)CN(C(=O)CC(F)(F)F)C1[C@H](C)O. The van der Waals surface area contributed by atoms with Gasteiger partial charge in [0, 0.05) is 12.6 Å². The summed E-state index contributed by atoms with van der Waals surface area (Å²) in [6.45, 7) is 10.6. The number of amides is 2. The van der Waals surface area contributed by atoms with E-state index in [0.29, 0.717) is 19.3 Å². The number of rotatable bonds is 6. The Labute approximate surface area is 171 Å². The molecule has 1 heterocycles. The summed E-state index contributed by atoms with van der Waals surface area (Å²) < 4.78 is 43.6. The molecule has 2 N–H and O–H groups in total. The Morgan fingerprint density at radius 3 is 2.28 bits per heavy atom. The van der Waals surface area contributed by atoms with E-state index in [4.69, 9.17) is 4.74 Å². The van der Waals surface area contributed by atoms with Crippen LogP contribution in [0.1, 0.15) is 67.2 Å². The molecular weight excluding hydrogens is 389 g/mol. The van der Waals surface area contributed by atoms with Crippen molar-refractivity contribution >= 4 is 12.0 Å². The zero-order valence-corrected chi connectivity index (χ0v) is 18.2. The first-order chi connectivity index (χ1) is 13.1. The molecule has 1 aliphatic rings. The van der Waals surface area contributed by atoms with Gasteiger partial charge in [0.25, 0.3) is 0 Å². The molecule has 1 saturated heterocycles. The smallest absolute Gasteiger partial charge is 0.407 e. The summed E-state index contributed by atoms with van der Waals surface area (Å²) in [4.78, 5) is 25.5. The van der Waals surface area contributed by atoms with Gasteiger partial charge in [0.1, 0.15) is 12.0 Å². The average Bonchev–Trinajstić information content (AvgIpc) is 2.49. The minimum absolute atomic E-state index is 0.0860. The fourth-order valence-electron chi connectivity index (χ4n) is 4.14. The maximum atomic E-state index is 12.8. The van der Waals surface area contributed by atoms with E-state index in [1.54, 1.807) is 27.7 Å². The maximum Gasteiger partial charge on any atom is 0.407 e. The number of carbonyl (C=O) groups is 2. The van der Waals surface area contributed by atoms with Gasteiger partial charge in [-0.1, -0.05) is 13.3 Å². The van der Waals surface area contributed by atoms with Crippen molar-refractivity contribution in [1.29, 1.82) is 0 Å². The van der Waals surface area contributed by atoms with Gasteiger partial charge in [0.2, 0.25) is 5.91 Å². The van der Waals surface area contributed by atoms with Crippen LogP contribution >= 0.6 is 0 Å². The third-order valence-corrected chi connectivity index (χ3v) is 5.07. The largest absolute Gasteiger partial charge is 0.444 e. The fourth-order valence-corrected chi connectivity index (χ4v) is 4.14. The second-order valence-electron chi connectivity index (χ2n) is 9.12. The molecule has 1 fully saturated rings. The molecule has 5 atom stereocenters. The third-order valence-electron chi connectivity index (χ3n) is 5.07. The normalized spacial score (nSPS) is 25.3. The molecule has 29 heavy (non-hydrogen) atoms. The van der Waals surface area contributed by atoms with Crippen molar-refractivity contribution in [2.75, 3.05) is 6.54 Å². The van der Waals surface area contributed by atoms with Gasteiger partial charge >= 0.3 is 12.3 Å². The highest BCUT2D eigenvalue weighted by Gasteiger charge is 2.43. The Kier molecular flexibility index (Phi) is 8.80. The average molecular weight is 425 g/mol. The fraction of sp³-hybridized carbons (Fsp3) is 0.900. The van der Waals surface area contributed by atoms with Crippen LogP contribution in [0.2, 0.25) is 0 Å². The number of likely N-dealkylation sites (tertiary alicyclic amines) is 1. The predicted molar refractivity (Wildman–Crippen MR) is 103 cm³/mol. The molecule has 0 bridgehead atoms. The zero-order valence-electron chi connectivity index (χ0n) is 18.2. The highest BCUT2D eigenvalue weighted by Crippen LogP contribution is 2.35. The van der Waals surface area contributed by atoms with Crippen LogP contribution in [0.3, 0.4) is 0 Å². The molecule has 0 aromatic carbocycles. The number of nitrogens with zero attached hydrogens (tertiary/aromatic N) is 1. The number of hydrogen-bond acceptors (Lipinski definition) is 4. The van der Waals surface area contributed by atoms with Gasteiger partial charge in [-0.05, 0) is 59.3 Å². The van der Waals surface area contributed by atoms with Gasteiger partial charge in [-0.2, -0.15) is 13.2 Å². The van der Waals surface area contributed by atoms with Crippen molar-refractivity contribution in [3.05, 3.63) is 0 Å². The summed E-state index contributed by atoms with van der Waals surface area (Å²) in [6, 6.07) is -0.907. The highest BCUT2D eigenvalue weighted by atomic mass is 19.4. The minimum atomic E-state index is -4.60. The number of piperidine rings is 1. The number of alkyl carbamates (subject to hydrolysis) is 1. The van der Waals surface area contributed by atoms with Gasteiger partial charge in [-0.3, -0.25) is 4.79 Å². The molecule has 6 nitrogen and oxygen atoms in total. The van der Waals surface area contributed by atoms with Crippen molar-refractivity contribution in [2.45, 2.75) is 97.2 Å². The molecule has 0 radical (unpaired) electrons. The van der Waals surface area contributed by atoms with E-state index in [9.17, 15) is 27.9 Å². The van der Waals surface area contributed by atoms with Crippen LogP contribution in [0, 0.1) is 11.8 Å². The second kappa shape index (κ2) is 10.00. The lowest BCUT2D eigenvalue weighted by molar-refractivity contribution is -0.169. The van der Waals surface area contributed by atoms with E-state index in [1.807, 2.05) is 6.92 Å². The van der Waals surface area contributed by atoms with E-state index in [1.165, 1.54) is 11.8 Å². The first kappa shape index (κ1) is 25.5. The molecule has 1 aliphatic heterocycles.